The molecule has 1 aromatic rings. The first-order valence-electron chi connectivity index (χ1n) is 4.54. The molecule has 0 aromatic heterocycles. The summed E-state index contributed by atoms with van der Waals surface area (Å²) in [6.07, 6.45) is 0. The highest BCUT2D eigenvalue weighted by Gasteiger charge is 2.33. The van der Waals surface area contributed by atoms with Gasteiger partial charge in [-0.25, -0.2) is 17.7 Å². The van der Waals surface area contributed by atoms with Gasteiger partial charge in [0.1, 0.15) is 10.6 Å². The summed E-state index contributed by atoms with van der Waals surface area (Å²) >= 11 is 11.7. The molecular weight excluding hydrogens is 271 g/mol. The van der Waals surface area contributed by atoms with Crippen molar-refractivity contribution in [2.45, 2.75) is 11.8 Å². The molecule has 1 aromatic carbocycles. The quantitative estimate of drug-likeness (QED) is 0.742. The molecule has 0 saturated heterocycles. The van der Waals surface area contributed by atoms with Crippen LogP contribution in [-0.4, -0.2) is 24.6 Å². The molecule has 0 atom stereocenters. The molecule has 4 nitrogen and oxygen atoms in total. The van der Waals surface area contributed by atoms with Gasteiger partial charge in [0, 0.05) is 6.54 Å². The average Bonchev–Trinajstić information content (AvgIpc) is 2.20. The molecule has 86 valence electrons. The van der Waals surface area contributed by atoms with Crippen LogP contribution in [0.5, 0.6) is 0 Å². The van der Waals surface area contributed by atoms with Gasteiger partial charge < -0.3 is 0 Å². The Hall–Kier alpha value is -0.780. The zero-order chi connectivity index (χ0) is 11.9. The number of hydrogen-bond donors (Lipinski definition) is 0. The lowest BCUT2D eigenvalue weighted by atomic mass is 10.3. The maximum Gasteiger partial charge on any atom is 0.268 e. The number of para-hydroxylation sites is 1. The number of sulfonamides is 1. The minimum absolute atomic E-state index is 0.0805. The third-order valence-electron chi connectivity index (χ3n) is 2.21. The van der Waals surface area contributed by atoms with E-state index in [2.05, 4.69) is 4.99 Å². The number of nitrogens with zero attached hydrogens (tertiary/aromatic N) is 2. The van der Waals surface area contributed by atoms with E-state index in [0.29, 0.717) is 0 Å². The van der Waals surface area contributed by atoms with Gasteiger partial charge in [0.2, 0.25) is 5.29 Å². The number of fused-ring (bicyclic) bond motifs is 1. The van der Waals surface area contributed by atoms with Gasteiger partial charge in [0.15, 0.2) is 0 Å². The van der Waals surface area contributed by atoms with Crippen molar-refractivity contribution in [2.75, 3.05) is 6.54 Å². The number of benzene rings is 1. The van der Waals surface area contributed by atoms with Crippen LogP contribution in [0.1, 0.15) is 6.92 Å². The fraction of sp³-hybridized carbons (Fsp3) is 0.222. The fourth-order valence-electron chi connectivity index (χ4n) is 1.48. The molecule has 0 unspecified atom stereocenters. The molecule has 0 radical (unpaired) electrons. The van der Waals surface area contributed by atoms with Crippen LogP contribution in [-0.2, 0) is 10.0 Å². The zero-order valence-electron chi connectivity index (χ0n) is 8.31. The van der Waals surface area contributed by atoms with E-state index in [1.54, 1.807) is 19.1 Å². The predicted molar refractivity (Wildman–Crippen MR) is 64.0 cm³/mol. The first-order chi connectivity index (χ1) is 7.48. The Balaban J connectivity index is 2.78. The zero-order valence-corrected chi connectivity index (χ0v) is 10.6. The SMILES string of the molecule is CCN1C(Cl)=Nc2c(Cl)cccc2S1(=O)=O. The topological polar surface area (TPSA) is 49.7 Å². The van der Waals surface area contributed by atoms with Crippen molar-refractivity contribution in [1.82, 2.24) is 4.31 Å². The van der Waals surface area contributed by atoms with Crippen LogP contribution in [0.2, 0.25) is 5.02 Å². The van der Waals surface area contributed by atoms with E-state index < -0.39 is 10.0 Å². The van der Waals surface area contributed by atoms with E-state index in [1.807, 2.05) is 0 Å². The van der Waals surface area contributed by atoms with Crippen LogP contribution in [0.15, 0.2) is 28.1 Å². The molecule has 0 N–H and O–H groups in total. The van der Waals surface area contributed by atoms with Gasteiger partial charge in [-0.2, -0.15) is 0 Å². The minimum Gasteiger partial charge on any atom is -0.240 e. The third kappa shape index (κ3) is 1.59. The van der Waals surface area contributed by atoms with Crippen LogP contribution in [0.25, 0.3) is 0 Å². The fourth-order valence-corrected chi connectivity index (χ4v) is 3.69. The molecule has 16 heavy (non-hydrogen) atoms. The molecule has 7 heteroatoms. The van der Waals surface area contributed by atoms with Crippen molar-refractivity contribution in [2.24, 2.45) is 4.99 Å². The van der Waals surface area contributed by atoms with Crippen molar-refractivity contribution in [1.29, 1.82) is 0 Å². The van der Waals surface area contributed by atoms with Crippen LogP contribution in [0.4, 0.5) is 5.69 Å². The summed E-state index contributed by atoms with van der Waals surface area (Å²) in [4.78, 5) is 4.08. The van der Waals surface area contributed by atoms with E-state index in [4.69, 9.17) is 23.2 Å². The number of halogens is 2. The van der Waals surface area contributed by atoms with Crippen LogP contribution >= 0.6 is 23.2 Å². The van der Waals surface area contributed by atoms with E-state index in [1.165, 1.54) is 6.07 Å². The van der Waals surface area contributed by atoms with Crippen molar-refractivity contribution >= 4 is 44.2 Å². The lowest BCUT2D eigenvalue weighted by Gasteiger charge is -2.25. The largest absolute Gasteiger partial charge is 0.268 e. The standard InChI is InChI=1S/C9H8Cl2N2O2S/c1-2-13-9(11)12-8-6(10)4-3-5-7(8)16(13,14)15/h3-5H,2H2,1H3. The lowest BCUT2D eigenvalue weighted by molar-refractivity contribution is 0.532. The average molecular weight is 279 g/mol. The highest BCUT2D eigenvalue weighted by molar-refractivity contribution is 7.90. The molecule has 1 aliphatic heterocycles. The molecule has 1 heterocycles. The van der Waals surface area contributed by atoms with Crippen molar-refractivity contribution in [3.63, 3.8) is 0 Å². The molecule has 1 aliphatic rings. The molecule has 2 rings (SSSR count). The molecule has 0 spiro atoms. The molecule has 0 saturated carbocycles. The Morgan fingerprint density at radius 3 is 2.69 bits per heavy atom. The van der Waals surface area contributed by atoms with Gasteiger partial charge in [-0.15, -0.1) is 0 Å². The van der Waals surface area contributed by atoms with Crippen LogP contribution < -0.4 is 0 Å². The molecule has 0 amide bonds. The Bertz CT molecular complexity index is 569. The van der Waals surface area contributed by atoms with E-state index in [-0.39, 0.29) is 27.4 Å². The Kier molecular flexibility index (Phi) is 2.86. The molecule has 0 aliphatic carbocycles. The van der Waals surface area contributed by atoms with E-state index in [9.17, 15) is 8.42 Å². The summed E-state index contributed by atoms with van der Waals surface area (Å²) in [7, 11) is -3.62. The Labute approximate surface area is 104 Å². The summed E-state index contributed by atoms with van der Waals surface area (Å²) < 4.78 is 25.2. The number of amidine groups is 1. The summed E-state index contributed by atoms with van der Waals surface area (Å²) in [5.41, 5.74) is 0.207. The second-order valence-corrected chi connectivity index (χ2v) is 5.71. The maximum atomic E-state index is 12.1. The highest BCUT2D eigenvalue weighted by Crippen LogP contribution is 2.38. The number of hydrogen-bond acceptors (Lipinski definition) is 3. The molecule has 0 fully saturated rings. The second kappa shape index (κ2) is 3.91. The van der Waals surface area contributed by atoms with Gasteiger partial charge in [0.25, 0.3) is 10.0 Å². The lowest BCUT2D eigenvalue weighted by Crippen LogP contribution is -2.36. The summed E-state index contributed by atoms with van der Waals surface area (Å²) in [6, 6.07) is 4.61. The smallest absolute Gasteiger partial charge is 0.240 e. The highest BCUT2D eigenvalue weighted by atomic mass is 35.5. The van der Waals surface area contributed by atoms with Gasteiger partial charge in [-0.3, -0.25) is 0 Å². The van der Waals surface area contributed by atoms with Crippen molar-refractivity contribution in [3.8, 4) is 0 Å². The summed E-state index contributed by atoms with van der Waals surface area (Å²) in [5, 5.41) is 0.193. The molecule has 0 bridgehead atoms. The minimum atomic E-state index is -3.62. The van der Waals surface area contributed by atoms with Crippen molar-refractivity contribution in [3.05, 3.63) is 23.2 Å². The number of rotatable bonds is 1. The Morgan fingerprint density at radius 1 is 1.38 bits per heavy atom. The van der Waals surface area contributed by atoms with E-state index >= 15 is 0 Å². The van der Waals surface area contributed by atoms with Gasteiger partial charge in [-0.05, 0) is 30.7 Å². The van der Waals surface area contributed by atoms with Gasteiger partial charge in [0.05, 0.1) is 5.02 Å². The normalized spacial score (nSPS) is 17.9. The number of aliphatic imine (C=N–C) groups is 1. The van der Waals surface area contributed by atoms with Crippen LogP contribution in [0, 0.1) is 0 Å². The predicted octanol–water partition coefficient (Wildman–Crippen LogP) is 2.59. The summed E-state index contributed by atoms with van der Waals surface area (Å²) in [6.45, 7) is 1.92. The summed E-state index contributed by atoms with van der Waals surface area (Å²) in [5.74, 6) is 0. The maximum absolute atomic E-state index is 12.1. The van der Waals surface area contributed by atoms with E-state index in [0.717, 1.165) is 4.31 Å². The second-order valence-electron chi connectivity index (χ2n) is 3.14. The van der Waals surface area contributed by atoms with Crippen LogP contribution in [0.3, 0.4) is 0 Å². The first kappa shape index (κ1) is 11.7. The molecular formula is C9H8Cl2N2O2S. The third-order valence-corrected chi connectivity index (χ3v) is 4.81. The Morgan fingerprint density at radius 2 is 2.06 bits per heavy atom. The van der Waals surface area contributed by atoms with Gasteiger partial charge >= 0.3 is 0 Å². The monoisotopic (exact) mass is 278 g/mol. The first-order valence-corrected chi connectivity index (χ1v) is 6.73. The van der Waals surface area contributed by atoms with Gasteiger partial charge in [-0.1, -0.05) is 17.7 Å². The van der Waals surface area contributed by atoms with Crippen molar-refractivity contribution < 1.29 is 8.42 Å².